The van der Waals surface area contributed by atoms with E-state index in [0.717, 1.165) is 44.2 Å². The Hall–Kier alpha value is -2.05. The Morgan fingerprint density at radius 2 is 1.75 bits per heavy atom. The maximum atomic E-state index is 12.9. The van der Waals surface area contributed by atoms with Gasteiger partial charge in [-0.2, -0.15) is 13.2 Å². The summed E-state index contributed by atoms with van der Waals surface area (Å²) in [6.07, 6.45) is 0.297. The zero-order valence-corrected chi connectivity index (χ0v) is 13.4. The minimum absolute atomic E-state index is 0.0426. The second-order valence-electron chi connectivity index (χ2n) is 6.51. The van der Waals surface area contributed by atoms with Crippen LogP contribution in [0, 0.1) is 5.92 Å². The maximum Gasteiger partial charge on any atom is 0.416 e. The third kappa shape index (κ3) is 2.56. The third-order valence-corrected chi connectivity index (χ3v) is 5.11. The predicted octanol–water partition coefficient (Wildman–Crippen LogP) is 3.27. The molecule has 2 N–H and O–H groups in total. The van der Waals surface area contributed by atoms with E-state index in [1.165, 1.54) is 17.0 Å². The molecule has 7 heteroatoms. The van der Waals surface area contributed by atoms with Crippen molar-refractivity contribution in [3.8, 4) is 0 Å². The summed E-state index contributed by atoms with van der Waals surface area (Å²) in [5.41, 5.74) is 4.42. The van der Waals surface area contributed by atoms with Gasteiger partial charge in [0.15, 0.2) is 11.5 Å². The Bertz CT molecular complexity index is 663. The maximum absolute atomic E-state index is 12.9. The summed E-state index contributed by atoms with van der Waals surface area (Å²) in [5.74, 6) is -0.184. The summed E-state index contributed by atoms with van der Waals surface area (Å²) in [4.78, 5) is 18.7. The molecular weight excluding hydrogens is 319 g/mol. The van der Waals surface area contributed by atoms with Crippen LogP contribution in [0.2, 0.25) is 0 Å². The number of amides is 1. The van der Waals surface area contributed by atoms with Crippen LogP contribution in [0.25, 0.3) is 0 Å². The fourth-order valence-corrected chi connectivity index (χ4v) is 3.79. The number of carbonyl (C=O) groups excluding carboxylic acids is 1. The standard InChI is InChI=1S/C17H20F3N3O/c1-23-14(24)16(22-15(23)21,11-5-3-2-4-6-11)12-7-9-13(10-8-12)17(18,19)20/h7-11H,2-6H2,1H3,(H2,21,22). The van der Waals surface area contributed by atoms with Crippen LogP contribution in [0.4, 0.5) is 13.2 Å². The number of benzene rings is 1. The Morgan fingerprint density at radius 3 is 2.21 bits per heavy atom. The molecule has 1 amide bonds. The van der Waals surface area contributed by atoms with E-state index in [0.29, 0.717) is 5.56 Å². The molecule has 2 aliphatic rings. The van der Waals surface area contributed by atoms with E-state index in [9.17, 15) is 18.0 Å². The Balaban J connectivity index is 2.07. The summed E-state index contributed by atoms with van der Waals surface area (Å²) >= 11 is 0. The van der Waals surface area contributed by atoms with Crippen LogP contribution in [0.3, 0.4) is 0 Å². The van der Waals surface area contributed by atoms with Crippen LogP contribution in [0.1, 0.15) is 43.2 Å². The Kier molecular flexibility index (Phi) is 4.05. The number of nitrogens with two attached hydrogens (primary N) is 1. The molecule has 1 aliphatic carbocycles. The summed E-state index contributed by atoms with van der Waals surface area (Å²) in [7, 11) is 1.55. The smallest absolute Gasteiger partial charge is 0.369 e. The zero-order chi connectivity index (χ0) is 17.5. The lowest BCUT2D eigenvalue weighted by Gasteiger charge is -2.36. The Labute approximate surface area is 138 Å². The molecule has 1 saturated carbocycles. The van der Waals surface area contributed by atoms with Crippen molar-refractivity contribution in [1.82, 2.24) is 4.90 Å². The van der Waals surface area contributed by atoms with Gasteiger partial charge in [0.25, 0.3) is 5.91 Å². The number of likely N-dealkylation sites (N-methyl/N-ethyl adjacent to an activating group) is 1. The van der Waals surface area contributed by atoms with E-state index in [1.807, 2.05) is 0 Å². The number of rotatable bonds is 2. The van der Waals surface area contributed by atoms with Crippen molar-refractivity contribution >= 4 is 11.9 Å². The SMILES string of the molecule is CN1C(=O)C(c2ccc(C(F)(F)F)cc2)(C2CCCCC2)N=C1N. The van der Waals surface area contributed by atoms with Gasteiger partial charge >= 0.3 is 6.18 Å². The molecule has 1 atom stereocenters. The first kappa shape index (κ1) is 16.8. The van der Waals surface area contributed by atoms with E-state index in [-0.39, 0.29) is 17.8 Å². The van der Waals surface area contributed by atoms with E-state index >= 15 is 0 Å². The molecule has 1 unspecified atom stereocenters. The first-order valence-electron chi connectivity index (χ1n) is 8.08. The van der Waals surface area contributed by atoms with Gasteiger partial charge in [0.1, 0.15) is 0 Å². The fourth-order valence-electron chi connectivity index (χ4n) is 3.79. The molecule has 1 aliphatic heterocycles. The van der Waals surface area contributed by atoms with Crippen LogP contribution in [0.5, 0.6) is 0 Å². The molecule has 1 heterocycles. The van der Waals surface area contributed by atoms with Gasteiger partial charge < -0.3 is 5.73 Å². The van der Waals surface area contributed by atoms with E-state index in [1.54, 1.807) is 7.05 Å². The van der Waals surface area contributed by atoms with Crippen LogP contribution in [-0.2, 0) is 16.5 Å². The summed E-state index contributed by atoms with van der Waals surface area (Å²) in [5, 5.41) is 0. The minimum atomic E-state index is -4.41. The number of alkyl halides is 3. The number of guanidine groups is 1. The molecule has 0 radical (unpaired) electrons. The first-order valence-corrected chi connectivity index (χ1v) is 8.08. The van der Waals surface area contributed by atoms with Crippen molar-refractivity contribution in [1.29, 1.82) is 0 Å². The molecule has 130 valence electrons. The van der Waals surface area contributed by atoms with Crippen molar-refractivity contribution in [3.05, 3.63) is 35.4 Å². The average Bonchev–Trinajstić information content (AvgIpc) is 2.80. The molecule has 0 spiro atoms. The predicted molar refractivity (Wildman–Crippen MR) is 84.1 cm³/mol. The monoisotopic (exact) mass is 339 g/mol. The fraction of sp³-hybridized carbons (Fsp3) is 0.529. The Morgan fingerprint density at radius 1 is 1.17 bits per heavy atom. The van der Waals surface area contributed by atoms with Gasteiger partial charge in [-0.05, 0) is 36.5 Å². The largest absolute Gasteiger partial charge is 0.416 e. The summed E-state index contributed by atoms with van der Waals surface area (Å²) in [6.45, 7) is 0. The first-order chi connectivity index (χ1) is 11.3. The molecule has 24 heavy (non-hydrogen) atoms. The summed E-state index contributed by atoms with van der Waals surface area (Å²) in [6, 6.07) is 4.75. The third-order valence-electron chi connectivity index (χ3n) is 5.11. The van der Waals surface area contributed by atoms with Crippen molar-refractivity contribution in [3.63, 3.8) is 0 Å². The van der Waals surface area contributed by atoms with Gasteiger partial charge in [-0.3, -0.25) is 9.69 Å². The molecule has 0 aromatic heterocycles. The van der Waals surface area contributed by atoms with Crippen molar-refractivity contribution in [2.45, 2.75) is 43.8 Å². The normalized spacial score (nSPS) is 25.9. The second kappa shape index (κ2) is 5.79. The van der Waals surface area contributed by atoms with Crippen molar-refractivity contribution in [2.24, 2.45) is 16.6 Å². The lowest BCUT2D eigenvalue weighted by molar-refractivity contribution is -0.137. The highest BCUT2D eigenvalue weighted by Crippen LogP contribution is 2.46. The van der Waals surface area contributed by atoms with Crippen molar-refractivity contribution < 1.29 is 18.0 Å². The van der Waals surface area contributed by atoms with E-state index in [2.05, 4.69) is 4.99 Å². The average molecular weight is 339 g/mol. The molecule has 0 bridgehead atoms. The number of carbonyl (C=O) groups is 1. The second-order valence-corrected chi connectivity index (χ2v) is 6.51. The zero-order valence-electron chi connectivity index (χ0n) is 13.4. The number of nitrogens with zero attached hydrogens (tertiary/aromatic N) is 2. The van der Waals surface area contributed by atoms with E-state index in [4.69, 9.17) is 5.73 Å². The number of hydrogen-bond donors (Lipinski definition) is 1. The molecule has 1 aromatic rings. The van der Waals surface area contributed by atoms with Gasteiger partial charge in [0, 0.05) is 7.05 Å². The van der Waals surface area contributed by atoms with Crippen LogP contribution < -0.4 is 5.73 Å². The molecule has 4 nitrogen and oxygen atoms in total. The summed E-state index contributed by atoms with van der Waals surface area (Å²) < 4.78 is 38.5. The molecule has 3 rings (SSSR count). The van der Waals surface area contributed by atoms with E-state index < -0.39 is 17.3 Å². The van der Waals surface area contributed by atoms with Crippen LogP contribution in [-0.4, -0.2) is 23.8 Å². The van der Waals surface area contributed by atoms with Crippen LogP contribution >= 0.6 is 0 Å². The highest BCUT2D eigenvalue weighted by atomic mass is 19.4. The highest BCUT2D eigenvalue weighted by Gasteiger charge is 2.53. The quantitative estimate of drug-likeness (QED) is 0.899. The number of halogens is 3. The van der Waals surface area contributed by atoms with Gasteiger partial charge in [-0.1, -0.05) is 31.4 Å². The van der Waals surface area contributed by atoms with Crippen LogP contribution in [0.15, 0.2) is 29.3 Å². The molecule has 1 aromatic carbocycles. The lowest BCUT2D eigenvalue weighted by atomic mass is 9.71. The highest BCUT2D eigenvalue weighted by molar-refractivity contribution is 6.07. The molecule has 0 saturated heterocycles. The lowest BCUT2D eigenvalue weighted by Crippen LogP contribution is -2.45. The van der Waals surface area contributed by atoms with Gasteiger partial charge in [0.05, 0.1) is 5.56 Å². The van der Waals surface area contributed by atoms with Gasteiger partial charge in [-0.25, -0.2) is 4.99 Å². The topological polar surface area (TPSA) is 58.7 Å². The molecule has 1 fully saturated rings. The molecular formula is C17H20F3N3O. The number of hydrogen-bond acceptors (Lipinski definition) is 3. The minimum Gasteiger partial charge on any atom is -0.369 e. The number of aliphatic imine (C=N–C) groups is 1. The van der Waals surface area contributed by atoms with Gasteiger partial charge in [0.2, 0.25) is 0 Å². The van der Waals surface area contributed by atoms with Gasteiger partial charge in [-0.15, -0.1) is 0 Å². The van der Waals surface area contributed by atoms with Crippen molar-refractivity contribution in [2.75, 3.05) is 7.05 Å².